The molecule has 1 aromatic heterocycles. The highest BCUT2D eigenvalue weighted by atomic mass is 32.1. The molecule has 0 atom stereocenters. The van der Waals surface area contributed by atoms with Gasteiger partial charge in [0.2, 0.25) is 0 Å². The zero-order chi connectivity index (χ0) is 22.3. The van der Waals surface area contributed by atoms with Crippen LogP contribution in [0, 0.1) is 0 Å². The van der Waals surface area contributed by atoms with Gasteiger partial charge in [0.05, 0.1) is 14.2 Å². The maximum absolute atomic E-state index is 11.8. The summed E-state index contributed by atoms with van der Waals surface area (Å²) in [5.41, 5.74) is 0.104. The number of carboxylic acid groups (broad SMARTS) is 1. The van der Waals surface area contributed by atoms with E-state index in [-0.39, 0.29) is 5.69 Å². The normalized spacial score (nSPS) is 11.8. The van der Waals surface area contributed by atoms with E-state index in [2.05, 4.69) is 10.3 Å². The van der Waals surface area contributed by atoms with Crippen LogP contribution >= 0.6 is 11.3 Å². The second kappa shape index (κ2) is 10.1. The Morgan fingerprint density at radius 2 is 1.97 bits per heavy atom. The van der Waals surface area contributed by atoms with E-state index in [1.807, 2.05) is 0 Å². The first kappa shape index (κ1) is 23.3. The standard InChI is InChI=1S/C20H27N3O6S/c1-20(2,3)29-19(26)21-9-6-10-23-15(17(24)25)12-30-18(23)22-14-8-7-13(27-4)11-16(14)28-5/h7-8,11-12H,6,9-10H2,1-5H3,(H,21,26)(H,24,25). The topological polar surface area (TPSA) is 111 Å². The van der Waals surface area contributed by atoms with Crippen LogP contribution in [0.3, 0.4) is 0 Å². The van der Waals surface area contributed by atoms with Crippen molar-refractivity contribution in [3.05, 3.63) is 34.1 Å². The fraction of sp³-hybridized carbons (Fsp3) is 0.450. The molecule has 2 aromatic rings. The number of nitrogens with one attached hydrogen (secondary N) is 1. The Balaban J connectivity index is 2.20. The fourth-order valence-corrected chi connectivity index (χ4v) is 3.44. The number of nitrogens with zero attached hydrogens (tertiary/aromatic N) is 2. The molecule has 2 N–H and O–H groups in total. The number of benzene rings is 1. The number of carbonyl (C=O) groups is 2. The van der Waals surface area contributed by atoms with Gasteiger partial charge in [-0.25, -0.2) is 14.6 Å². The van der Waals surface area contributed by atoms with E-state index in [0.29, 0.717) is 41.5 Å². The molecule has 0 radical (unpaired) electrons. The molecule has 0 bridgehead atoms. The number of amides is 1. The molecule has 2 rings (SSSR count). The van der Waals surface area contributed by atoms with Crippen molar-refractivity contribution in [1.29, 1.82) is 0 Å². The molecule has 0 aliphatic heterocycles. The summed E-state index contributed by atoms with van der Waals surface area (Å²) in [5.74, 6) is 0.0940. The van der Waals surface area contributed by atoms with Gasteiger partial charge in [0.25, 0.3) is 0 Å². The largest absolute Gasteiger partial charge is 0.497 e. The lowest BCUT2D eigenvalue weighted by Gasteiger charge is -2.19. The van der Waals surface area contributed by atoms with E-state index >= 15 is 0 Å². The van der Waals surface area contributed by atoms with Crippen LogP contribution < -0.4 is 19.6 Å². The van der Waals surface area contributed by atoms with Crippen LogP contribution in [0.4, 0.5) is 10.5 Å². The second-order valence-electron chi connectivity index (χ2n) is 7.29. The first-order valence-electron chi connectivity index (χ1n) is 9.30. The number of aromatic carboxylic acids is 1. The van der Waals surface area contributed by atoms with E-state index in [4.69, 9.17) is 14.2 Å². The molecule has 9 nitrogen and oxygen atoms in total. The fourth-order valence-electron chi connectivity index (χ4n) is 2.53. The highest BCUT2D eigenvalue weighted by Gasteiger charge is 2.16. The molecular formula is C20H27N3O6S. The second-order valence-corrected chi connectivity index (χ2v) is 8.13. The van der Waals surface area contributed by atoms with Crippen molar-refractivity contribution in [3.63, 3.8) is 0 Å². The SMILES string of the molecule is COc1ccc(N=c2scc(C(=O)O)n2CCCNC(=O)OC(C)(C)C)c(OC)c1. The van der Waals surface area contributed by atoms with Gasteiger partial charge in [-0.15, -0.1) is 11.3 Å². The summed E-state index contributed by atoms with van der Waals surface area (Å²) < 4.78 is 17.3. The average Bonchev–Trinajstić information content (AvgIpc) is 3.07. The van der Waals surface area contributed by atoms with Crippen LogP contribution in [0.1, 0.15) is 37.7 Å². The molecule has 0 spiro atoms. The number of hydrogen-bond donors (Lipinski definition) is 2. The summed E-state index contributed by atoms with van der Waals surface area (Å²) in [7, 11) is 3.09. The van der Waals surface area contributed by atoms with Crippen LogP contribution in [0.2, 0.25) is 0 Å². The third kappa shape index (κ3) is 6.51. The number of carbonyl (C=O) groups excluding carboxylic acids is 1. The zero-order valence-corrected chi connectivity index (χ0v) is 18.5. The maximum Gasteiger partial charge on any atom is 0.407 e. The van der Waals surface area contributed by atoms with Gasteiger partial charge in [0.1, 0.15) is 28.5 Å². The molecule has 0 fully saturated rings. The smallest absolute Gasteiger partial charge is 0.407 e. The minimum absolute atomic E-state index is 0.128. The monoisotopic (exact) mass is 437 g/mol. The van der Waals surface area contributed by atoms with E-state index in [1.165, 1.54) is 18.4 Å². The van der Waals surface area contributed by atoms with Gasteiger partial charge in [-0.3, -0.25) is 0 Å². The van der Waals surface area contributed by atoms with Gasteiger partial charge in [-0.1, -0.05) is 0 Å². The number of hydrogen-bond acceptors (Lipinski definition) is 7. The van der Waals surface area contributed by atoms with Crippen LogP contribution in [-0.2, 0) is 11.3 Å². The summed E-state index contributed by atoms with van der Waals surface area (Å²) in [6.07, 6.45) is -0.00687. The molecule has 1 aromatic carbocycles. The third-order valence-corrected chi connectivity index (χ3v) is 4.71. The highest BCUT2D eigenvalue weighted by molar-refractivity contribution is 7.07. The first-order valence-corrected chi connectivity index (χ1v) is 10.2. The molecule has 30 heavy (non-hydrogen) atoms. The molecule has 0 aliphatic carbocycles. The first-order chi connectivity index (χ1) is 14.1. The highest BCUT2D eigenvalue weighted by Crippen LogP contribution is 2.31. The summed E-state index contributed by atoms with van der Waals surface area (Å²) in [6.45, 7) is 6.05. The van der Waals surface area contributed by atoms with Crippen molar-refractivity contribution in [2.45, 2.75) is 39.3 Å². The molecule has 164 valence electrons. The summed E-state index contributed by atoms with van der Waals surface area (Å²) in [6, 6.07) is 5.20. The quantitative estimate of drug-likeness (QED) is 0.612. The number of ether oxygens (including phenoxy) is 3. The minimum Gasteiger partial charge on any atom is -0.497 e. The van der Waals surface area contributed by atoms with Crippen molar-refractivity contribution >= 4 is 29.1 Å². The molecule has 0 aliphatic rings. The van der Waals surface area contributed by atoms with Crippen molar-refractivity contribution in [1.82, 2.24) is 9.88 Å². The number of alkyl carbamates (subject to hydrolysis) is 1. The van der Waals surface area contributed by atoms with Gasteiger partial charge < -0.3 is 29.2 Å². The van der Waals surface area contributed by atoms with Crippen molar-refractivity contribution in [2.75, 3.05) is 20.8 Å². The Labute approximate surface area is 178 Å². The number of aromatic nitrogens is 1. The van der Waals surface area contributed by atoms with Gasteiger partial charge in [-0.05, 0) is 39.3 Å². The van der Waals surface area contributed by atoms with E-state index in [1.54, 1.807) is 56.0 Å². The minimum atomic E-state index is -1.05. The Bertz CT molecular complexity index is 958. The molecule has 1 heterocycles. The Hall–Kier alpha value is -3.01. The number of methoxy groups -OCH3 is 2. The zero-order valence-electron chi connectivity index (χ0n) is 17.7. The summed E-state index contributed by atoms with van der Waals surface area (Å²) in [5, 5.41) is 13.7. The Kier molecular flexibility index (Phi) is 7.87. The van der Waals surface area contributed by atoms with Crippen LogP contribution in [-0.4, -0.2) is 48.1 Å². The van der Waals surface area contributed by atoms with Crippen molar-refractivity contribution in [3.8, 4) is 11.5 Å². The molecule has 0 unspecified atom stereocenters. The molecule has 10 heteroatoms. The van der Waals surface area contributed by atoms with Gasteiger partial charge in [-0.2, -0.15) is 0 Å². The van der Waals surface area contributed by atoms with Crippen LogP contribution in [0.15, 0.2) is 28.6 Å². The molecule has 0 saturated carbocycles. The molecule has 1 amide bonds. The predicted molar refractivity (Wildman–Crippen MR) is 113 cm³/mol. The Morgan fingerprint density at radius 3 is 2.57 bits per heavy atom. The number of rotatable bonds is 8. The number of thiazole rings is 1. The van der Waals surface area contributed by atoms with E-state index < -0.39 is 17.7 Å². The van der Waals surface area contributed by atoms with Gasteiger partial charge in [0, 0.05) is 24.5 Å². The lowest BCUT2D eigenvalue weighted by atomic mass is 10.2. The molecule has 0 saturated heterocycles. The number of carboxylic acids is 1. The average molecular weight is 438 g/mol. The van der Waals surface area contributed by atoms with Gasteiger partial charge in [0.15, 0.2) is 4.80 Å². The Morgan fingerprint density at radius 1 is 1.23 bits per heavy atom. The van der Waals surface area contributed by atoms with E-state index in [0.717, 1.165) is 0 Å². The summed E-state index contributed by atoms with van der Waals surface area (Å²) >= 11 is 1.22. The van der Waals surface area contributed by atoms with Crippen molar-refractivity contribution < 1.29 is 28.9 Å². The van der Waals surface area contributed by atoms with E-state index in [9.17, 15) is 14.7 Å². The lowest BCUT2D eigenvalue weighted by Crippen LogP contribution is -2.33. The van der Waals surface area contributed by atoms with Crippen LogP contribution in [0.5, 0.6) is 11.5 Å². The predicted octanol–water partition coefficient (Wildman–Crippen LogP) is 3.41. The maximum atomic E-state index is 11.8. The third-order valence-electron chi connectivity index (χ3n) is 3.85. The van der Waals surface area contributed by atoms with Crippen LogP contribution in [0.25, 0.3) is 0 Å². The lowest BCUT2D eigenvalue weighted by molar-refractivity contribution is 0.0525. The van der Waals surface area contributed by atoms with Gasteiger partial charge >= 0.3 is 12.1 Å². The summed E-state index contributed by atoms with van der Waals surface area (Å²) in [4.78, 5) is 28.4. The molecular weight excluding hydrogens is 410 g/mol. The van der Waals surface area contributed by atoms with Crippen molar-refractivity contribution in [2.24, 2.45) is 4.99 Å².